The third-order valence-corrected chi connectivity index (χ3v) is 3.95. The lowest BCUT2D eigenvalue weighted by Crippen LogP contribution is -2.25. The second-order valence-corrected chi connectivity index (χ2v) is 6.10. The number of hydrogen-bond donors (Lipinski definition) is 1. The first-order valence-corrected chi connectivity index (χ1v) is 7.42. The predicted octanol–water partition coefficient (Wildman–Crippen LogP) is 5.30. The molecular weight excluding hydrogens is 265 g/mol. The third kappa shape index (κ3) is 5.60. The highest BCUT2D eigenvalue weighted by atomic mass is 35.5. The van der Waals surface area contributed by atoms with Crippen LogP contribution in [-0.2, 0) is 6.54 Å². The number of rotatable bonds is 7. The van der Waals surface area contributed by atoms with Gasteiger partial charge in [-0.1, -0.05) is 62.0 Å². The molecule has 102 valence electrons. The van der Waals surface area contributed by atoms with E-state index in [0.717, 1.165) is 18.0 Å². The molecule has 0 aliphatic rings. The highest BCUT2D eigenvalue weighted by Crippen LogP contribution is 2.25. The fourth-order valence-corrected chi connectivity index (χ4v) is 2.29. The van der Waals surface area contributed by atoms with Gasteiger partial charge in [0.25, 0.3) is 0 Å². The van der Waals surface area contributed by atoms with Gasteiger partial charge in [0.1, 0.15) is 0 Å². The van der Waals surface area contributed by atoms with Gasteiger partial charge in [0.15, 0.2) is 0 Å². The summed E-state index contributed by atoms with van der Waals surface area (Å²) in [5, 5.41) is 4.79. The molecule has 1 atom stereocenters. The SMILES string of the molecule is CC(C)CCCC(C)NCc1cccc(Cl)c1Cl. The van der Waals surface area contributed by atoms with Gasteiger partial charge in [-0.15, -0.1) is 0 Å². The molecule has 0 aromatic heterocycles. The Hall–Kier alpha value is -0.240. The minimum atomic E-state index is 0.513. The van der Waals surface area contributed by atoms with Crippen LogP contribution in [0.5, 0.6) is 0 Å². The van der Waals surface area contributed by atoms with Gasteiger partial charge < -0.3 is 5.32 Å². The van der Waals surface area contributed by atoms with Gasteiger partial charge in [-0.2, -0.15) is 0 Å². The van der Waals surface area contributed by atoms with Gasteiger partial charge in [-0.3, -0.25) is 0 Å². The lowest BCUT2D eigenvalue weighted by Gasteiger charge is -2.15. The molecule has 0 amide bonds. The van der Waals surface area contributed by atoms with Crippen LogP contribution in [0, 0.1) is 5.92 Å². The number of halogens is 2. The highest BCUT2D eigenvalue weighted by Gasteiger charge is 2.06. The first-order valence-electron chi connectivity index (χ1n) is 6.67. The van der Waals surface area contributed by atoms with Crippen molar-refractivity contribution in [2.24, 2.45) is 5.92 Å². The molecule has 0 aliphatic carbocycles. The first-order chi connectivity index (χ1) is 8.50. The zero-order valence-corrected chi connectivity index (χ0v) is 13.0. The minimum absolute atomic E-state index is 0.513. The van der Waals surface area contributed by atoms with Crippen LogP contribution in [0.1, 0.15) is 45.6 Å². The van der Waals surface area contributed by atoms with Gasteiger partial charge in [0, 0.05) is 12.6 Å². The number of benzene rings is 1. The Morgan fingerprint density at radius 2 is 1.83 bits per heavy atom. The highest BCUT2D eigenvalue weighted by molar-refractivity contribution is 6.42. The molecule has 1 aromatic rings. The largest absolute Gasteiger partial charge is 0.310 e. The van der Waals surface area contributed by atoms with E-state index in [0.29, 0.717) is 16.1 Å². The molecule has 1 aromatic carbocycles. The van der Waals surface area contributed by atoms with Gasteiger partial charge in [-0.25, -0.2) is 0 Å². The zero-order valence-electron chi connectivity index (χ0n) is 11.5. The maximum Gasteiger partial charge on any atom is 0.0637 e. The maximum atomic E-state index is 6.15. The summed E-state index contributed by atoms with van der Waals surface area (Å²) in [6, 6.07) is 6.29. The van der Waals surface area contributed by atoms with E-state index in [1.54, 1.807) is 0 Å². The van der Waals surface area contributed by atoms with Crippen molar-refractivity contribution in [3.05, 3.63) is 33.8 Å². The van der Waals surface area contributed by atoms with Crippen LogP contribution in [-0.4, -0.2) is 6.04 Å². The van der Waals surface area contributed by atoms with E-state index >= 15 is 0 Å². The molecule has 0 spiro atoms. The lowest BCUT2D eigenvalue weighted by molar-refractivity contribution is 0.457. The van der Waals surface area contributed by atoms with Crippen molar-refractivity contribution in [2.45, 2.75) is 52.6 Å². The molecule has 1 nitrogen and oxygen atoms in total. The van der Waals surface area contributed by atoms with Crippen LogP contribution in [0.2, 0.25) is 10.0 Å². The summed E-state index contributed by atoms with van der Waals surface area (Å²) >= 11 is 12.1. The van der Waals surface area contributed by atoms with Crippen molar-refractivity contribution in [1.29, 1.82) is 0 Å². The fourth-order valence-electron chi connectivity index (χ4n) is 1.90. The molecule has 0 aliphatic heterocycles. The summed E-state index contributed by atoms with van der Waals surface area (Å²) in [7, 11) is 0. The van der Waals surface area contributed by atoms with Crippen molar-refractivity contribution >= 4 is 23.2 Å². The topological polar surface area (TPSA) is 12.0 Å². The Labute approximate surface area is 121 Å². The van der Waals surface area contributed by atoms with Crippen LogP contribution in [0.25, 0.3) is 0 Å². The third-order valence-electron chi connectivity index (χ3n) is 3.09. The Morgan fingerprint density at radius 3 is 2.50 bits per heavy atom. The number of nitrogens with one attached hydrogen (secondary N) is 1. The van der Waals surface area contributed by atoms with Crippen LogP contribution >= 0.6 is 23.2 Å². The molecular formula is C15H23Cl2N. The molecule has 0 bridgehead atoms. The molecule has 18 heavy (non-hydrogen) atoms. The lowest BCUT2D eigenvalue weighted by atomic mass is 10.0. The van der Waals surface area contributed by atoms with E-state index in [2.05, 4.69) is 26.1 Å². The van der Waals surface area contributed by atoms with Gasteiger partial charge in [0.05, 0.1) is 10.0 Å². The van der Waals surface area contributed by atoms with E-state index in [-0.39, 0.29) is 0 Å². The van der Waals surface area contributed by atoms with E-state index in [9.17, 15) is 0 Å². The molecule has 0 saturated carbocycles. The van der Waals surface area contributed by atoms with E-state index in [1.165, 1.54) is 19.3 Å². The van der Waals surface area contributed by atoms with E-state index < -0.39 is 0 Å². The molecule has 0 heterocycles. The summed E-state index contributed by atoms with van der Waals surface area (Å²) in [5.74, 6) is 0.791. The standard InChI is InChI=1S/C15H23Cl2N/c1-11(2)6-4-7-12(3)18-10-13-8-5-9-14(16)15(13)17/h5,8-9,11-12,18H,4,6-7,10H2,1-3H3. The van der Waals surface area contributed by atoms with Gasteiger partial charge in [-0.05, 0) is 30.9 Å². The number of hydrogen-bond acceptors (Lipinski definition) is 1. The van der Waals surface area contributed by atoms with Gasteiger partial charge in [0.2, 0.25) is 0 Å². The molecule has 1 unspecified atom stereocenters. The fraction of sp³-hybridized carbons (Fsp3) is 0.600. The van der Waals surface area contributed by atoms with Crippen molar-refractivity contribution in [1.82, 2.24) is 5.32 Å². The average molecular weight is 288 g/mol. The van der Waals surface area contributed by atoms with Crippen LogP contribution in [0.3, 0.4) is 0 Å². The van der Waals surface area contributed by atoms with Crippen molar-refractivity contribution in [3.63, 3.8) is 0 Å². The molecule has 0 radical (unpaired) electrons. The maximum absolute atomic E-state index is 6.15. The smallest absolute Gasteiger partial charge is 0.0637 e. The molecule has 1 rings (SSSR count). The quantitative estimate of drug-likeness (QED) is 0.718. The first kappa shape index (κ1) is 15.8. The second-order valence-electron chi connectivity index (χ2n) is 5.32. The molecule has 0 saturated heterocycles. The Morgan fingerprint density at radius 1 is 1.11 bits per heavy atom. The summed E-state index contributed by atoms with van der Waals surface area (Å²) < 4.78 is 0. The van der Waals surface area contributed by atoms with Crippen molar-refractivity contribution in [3.8, 4) is 0 Å². The Bertz CT molecular complexity index is 364. The Balaban J connectivity index is 2.33. The summed E-state index contributed by atoms with van der Waals surface area (Å²) in [5.41, 5.74) is 1.07. The predicted molar refractivity (Wildman–Crippen MR) is 81.5 cm³/mol. The monoisotopic (exact) mass is 287 g/mol. The van der Waals surface area contributed by atoms with E-state index in [1.807, 2.05) is 18.2 Å². The summed E-state index contributed by atoms with van der Waals surface area (Å²) in [4.78, 5) is 0. The minimum Gasteiger partial charge on any atom is -0.310 e. The normalized spacial score (nSPS) is 13.0. The second kappa shape index (κ2) is 8.04. The zero-order chi connectivity index (χ0) is 13.5. The van der Waals surface area contributed by atoms with Gasteiger partial charge >= 0.3 is 0 Å². The molecule has 0 fully saturated rings. The van der Waals surface area contributed by atoms with Crippen molar-refractivity contribution in [2.75, 3.05) is 0 Å². The molecule has 3 heteroatoms. The Kier molecular flexibility index (Phi) is 7.06. The summed E-state index contributed by atoms with van der Waals surface area (Å²) in [6.07, 6.45) is 3.77. The van der Waals surface area contributed by atoms with Crippen LogP contribution in [0.4, 0.5) is 0 Å². The summed E-state index contributed by atoms with van der Waals surface area (Å²) in [6.45, 7) is 7.54. The molecule has 1 N–H and O–H groups in total. The van der Waals surface area contributed by atoms with Crippen LogP contribution < -0.4 is 5.32 Å². The van der Waals surface area contributed by atoms with Crippen LogP contribution in [0.15, 0.2) is 18.2 Å². The average Bonchev–Trinajstić information content (AvgIpc) is 2.30. The van der Waals surface area contributed by atoms with E-state index in [4.69, 9.17) is 23.2 Å². The van der Waals surface area contributed by atoms with Crippen molar-refractivity contribution < 1.29 is 0 Å².